The van der Waals surface area contributed by atoms with Crippen LogP contribution in [0.4, 0.5) is 5.69 Å². The van der Waals surface area contributed by atoms with Crippen molar-refractivity contribution in [2.75, 3.05) is 5.32 Å². The summed E-state index contributed by atoms with van der Waals surface area (Å²) in [6, 6.07) is 5.17. The van der Waals surface area contributed by atoms with Gasteiger partial charge in [0, 0.05) is 15.6 Å². The minimum absolute atomic E-state index is 0.0370. The average Bonchev–Trinajstić information content (AvgIpc) is 2.99. The van der Waals surface area contributed by atoms with E-state index in [2.05, 4.69) is 10.3 Å². The van der Waals surface area contributed by atoms with Crippen molar-refractivity contribution in [2.24, 2.45) is 0 Å². The minimum atomic E-state index is -1.08. The average molecular weight is 304 g/mol. The van der Waals surface area contributed by atoms with E-state index in [0.29, 0.717) is 10.6 Å². The van der Waals surface area contributed by atoms with Gasteiger partial charge in [-0.05, 0) is 23.6 Å². The fourth-order valence-electron chi connectivity index (χ4n) is 1.70. The molecule has 0 aliphatic rings. The highest BCUT2D eigenvalue weighted by Gasteiger charge is 2.12. The molecule has 0 saturated heterocycles. The fourth-order valence-corrected chi connectivity index (χ4v) is 3.70. The monoisotopic (exact) mass is 304 g/mol. The predicted molar refractivity (Wildman–Crippen MR) is 78.9 cm³/mol. The molecule has 1 amide bonds. The topological polar surface area (TPSA) is 79.3 Å². The second kappa shape index (κ2) is 5.03. The molecule has 0 aromatic carbocycles. The van der Waals surface area contributed by atoms with Crippen molar-refractivity contribution in [1.82, 2.24) is 4.98 Å². The molecule has 100 valence electrons. The van der Waals surface area contributed by atoms with Crippen LogP contribution in [0, 0.1) is 0 Å². The Balaban J connectivity index is 1.83. The summed E-state index contributed by atoms with van der Waals surface area (Å²) in [6.07, 6.45) is 2.65. The number of carbonyl (C=O) groups excluding carboxylic acids is 1. The smallest absolute Gasteiger partial charge is 0.337 e. The number of thiophene rings is 2. The highest BCUT2D eigenvalue weighted by atomic mass is 32.1. The Hall–Kier alpha value is -2.25. The van der Waals surface area contributed by atoms with Gasteiger partial charge in [0.2, 0.25) is 0 Å². The van der Waals surface area contributed by atoms with Crippen molar-refractivity contribution in [3.8, 4) is 0 Å². The van der Waals surface area contributed by atoms with E-state index in [0.717, 1.165) is 9.40 Å². The van der Waals surface area contributed by atoms with Crippen LogP contribution in [0.2, 0.25) is 0 Å². The lowest BCUT2D eigenvalue weighted by Gasteiger charge is -2.03. The quantitative estimate of drug-likeness (QED) is 0.778. The molecule has 0 saturated carbocycles. The lowest BCUT2D eigenvalue weighted by Crippen LogP contribution is -2.11. The summed E-state index contributed by atoms with van der Waals surface area (Å²) in [7, 11) is 0. The number of aromatic nitrogens is 1. The summed E-state index contributed by atoms with van der Waals surface area (Å²) < 4.78 is 2.13. The number of nitrogens with zero attached hydrogens (tertiary/aromatic N) is 1. The molecule has 0 radical (unpaired) electrons. The second-order valence-electron chi connectivity index (χ2n) is 3.98. The molecule has 3 heterocycles. The van der Waals surface area contributed by atoms with Gasteiger partial charge < -0.3 is 10.4 Å². The molecule has 0 unspecified atom stereocenters. The van der Waals surface area contributed by atoms with Crippen LogP contribution in [0.3, 0.4) is 0 Å². The number of aromatic carboxylic acids is 1. The number of nitrogens with one attached hydrogen (secondary N) is 1. The molecule has 0 bridgehead atoms. The van der Waals surface area contributed by atoms with Crippen molar-refractivity contribution >= 4 is 49.6 Å². The first-order valence-corrected chi connectivity index (χ1v) is 7.30. The van der Waals surface area contributed by atoms with Gasteiger partial charge in [-0.25, -0.2) is 4.79 Å². The lowest BCUT2D eigenvalue weighted by atomic mass is 10.2. The van der Waals surface area contributed by atoms with Crippen molar-refractivity contribution in [3.05, 3.63) is 46.4 Å². The van der Waals surface area contributed by atoms with Gasteiger partial charge in [0.1, 0.15) is 0 Å². The van der Waals surface area contributed by atoms with Crippen LogP contribution >= 0.6 is 22.7 Å². The van der Waals surface area contributed by atoms with Crippen LogP contribution in [0.25, 0.3) is 9.40 Å². The largest absolute Gasteiger partial charge is 0.478 e. The summed E-state index contributed by atoms with van der Waals surface area (Å²) in [4.78, 5) is 27.3. The Morgan fingerprint density at radius 1 is 1.20 bits per heavy atom. The summed E-state index contributed by atoms with van der Waals surface area (Å²) in [5, 5.41) is 13.5. The van der Waals surface area contributed by atoms with Crippen molar-refractivity contribution in [1.29, 1.82) is 0 Å². The van der Waals surface area contributed by atoms with Crippen LogP contribution in [-0.2, 0) is 0 Å². The molecule has 7 heteroatoms. The number of fused-ring (bicyclic) bond motifs is 1. The molecule has 3 aromatic heterocycles. The Bertz CT molecular complexity index is 778. The van der Waals surface area contributed by atoms with E-state index in [4.69, 9.17) is 5.11 Å². The van der Waals surface area contributed by atoms with Crippen LogP contribution in [0.15, 0.2) is 36.0 Å². The van der Waals surface area contributed by atoms with E-state index in [9.17, 15) is 9.59 Å². The highest BCUT2D eigenvalue weighted by Crippen LogP contribution is 2.30. The van der Waals surface area contributed by atoms with Gasteiger partial charge in [-0.3, -0.25) is 9.78 Å². The molecule has 20 heavy (non-hydrogen) atoms. The van der Waals surface area contributed by atoms with Gasteiger partial charge in [0.05, 0.1) is 22.3 Å². The van der Waals surface area contributed by atoms with E-state index in [1.54, 1.807) is 11.3 Å². The normalized spacial score (nSPS) is 10.6. The van der Waals surface area contributed by atoms with Gasteiger partial charge in [0.15, 0.2) is 0 Å². The lowest BCUT2D eigenvalue weighted by molar-refractivity contribution is 0.0696. The number of hydrogen-bond donors (Lipinski definition) is 2. The SMILES string of the molecule is O=C(O)c1cncc(NC(=O)c2cc3sccc3s2)c1. The maximum absolute atomic E-state index is 12.1. The van der Waals surface area contributed by atoms with Crippen LogP contribution in [0.1, 0.15) is 20.0 Å². The highest BCUT2D eigenvalue weighted by molar-refractivity contribution is 7.27. The van der Waals surface area contributed by atoms with Gasteiger partial charge >= 0.3 is 5.97 Å². The van der Waals surface area contributed by atoms with Gasteiger partial charge in [-0.15, -0.1) is 22.7 Å². The third-order valence-electron chi connectivity index (χ3n) is 2.61. The zero-order valence-corrected chi connectivity index (χ0v) is 11.6. The second-order valence-corrected chi connectivity index (χ2v) is 6.01. The number of amides is 1. The summed E-state index contributed by atoms with van der Waals surface area (Å²) in [6.45, 7) is 0. The molecule has 5 nitrogen and oxygen atoms in total. The van der Waals surface area contributed by atoms with E-state index in [1.807, 2.05) is 17.5 Å². The first-order chi connectivity index (χ1) is 9.63. The third kappa shape index (κ3) is 2.40. The molecule has 3 aromatic rings. The van der Waals surface area contributed by atoms with E-state index >= 15 is 0 Å². The van der Waals surface area contributed by atoms with Crippen molar-refractivity contribution in [2.45, 2.75) is 0 Å². The Morgan fingerprint density at radius 2 is 2.05 bits per heavy atom. The fraction of sp³-hybridized carbons (Fsp3) is 0. The predicted octanol–water partition coefficient (Wildman–Crippen LogP) is 3.31. The molecule has 3 rings (SSSR count). The van der Waals surface area contributed by atoms with Crippen LogP contribution < -0.4 is 5.32 Å². The number of carboxylic acid groups (broad SMARTS) is 1. The molecular weight excluding hydrogens is 296 g/mol. The number of pyridine rings is 1. The molecule has 0 fully saturated rings. The molecule has 2 N–H and O–H groups in total. The maximum Gasteiger partial charge on any atom is 0.337 e. The van der Waals surface area contributed by atoms with E-state index in [-0.39, 0.29) is 11.5 Å². The van der Waals surface area contributed by atoms with Crippen LogP contribution in [0.5, 0.6) is 0 Å². The zero-order chi connectivity index (χ0) is 14.1. The standard InChI is InChI=1S/C13H8N2O3S2/c16-12(11-4-10-9(20-11)1-2-19-10)15-8-3-7(13(17)18)5-14-6-8/h1-6H,(H,15,16)(H,17,18). The Kier molecular flexibility index (Phi) is 3.21. The number of carboxylic acids is 1. The van der Waals surface area contributed by atoms with Crippen molar-refractivity contribution < 1.29 is 14.7 Å². The van der Waals surface area contributed by atoms with Gasteiger partial charge in [-0.1, -0.05) is 0 Å². The Morgan fingerprint density at radius 3 is 2.80 bits per heavy atom. The number of anilines is 1. The Labute approximate surface area is 121 Å². The van der Waals surface area contributed by atoms with Gasteiger partial charge in [-0.2, -0.15) is 0 Å². The molecule has 0 aliphatic heterocycles. The molecule has 0 spiro atoms. The first-order valence-electron chi connectivity index (χ1n) is 5.60. The van der Waals surface area contributed by atoms with E-state index in [1.165, 1.54) is 29.8 Å². The third-order valence-corrected chi connectivity index (χ3v) is 4.70. The zero-order valence-electron chi connectivity index (χ0n) is 9.99. The minimum Gasteiger partial charge on any atom is -0.478 e. The molecule has 0 atom stereocenters. The first kappa shape index (κ1) is 12.8. The molecule has 0 aliphatic carbocycles. The van der Waals surface area contributed by atoms with E-state index < -0.39 is 5.97 Å². The number of carbonyl (C=O) groups is 2. The number of hydrogen-bond acceptors (Lipinski definition) is 5. The van der Waals surface area contributed by atoms with Gasteiger partial charge in [0.25, 0.3) is 5.91 Å². The number of rotatable bonds is 3. The summed E-state index contributed by atoms with van der Waals surface area (Å²) in [5.74, 6) is -1.34. The summed E-state index contributed by atoms with van der Waals surface area (Å²) in [5.41, 5.74) is 0.404. The summed E-state index contributed by atoms with van der Waals surface area (Å²) >= 11 is 2.98. The van der Waals surface area contributed by atoms with Crippen molar-refractivity contribution in [3.63, 3.8) is 0 Å². The van der Waals surface area contributed by atoms with Crippen LogP contribution in [-0.4, -0.2) is 22.0 Å². The molecular formula is C13H8N2O3S2. The maximum atomic E-state index is 12.1.